The van der Waals surface area contributed by atoms with Crippen LogP contribution in [0.15, 0.2) is 24.3 Å². The molecule has 0 amide bonds. The van der Waals surface area contributed by atoms with E-state index in [9.17, 15) is 4.79 Å². The summed E-state index contributed by atoms with van der Waals surface area (Å²) < 4.78 is 5.37. The van der Waals surface area contributed by atoms with Crippen molar-refractivity contribution in [2.45, 2.75) is 19.1 Å². The van der Waals surface area contributed by atoms with Crippen LogP contribution in [0.25, 0.3) is 0 Å². The van der Waals surface area contributed by atoms with Crippen molar-refractivity contribution >= 4 is 17.9 Å². The summed E-state index contributed by atoms with van der Waals surface area (Å²) >= 11 is 5.81. The molecule has 1 atom stereocenters. The van der Waals surface area contributed by atoms with Gasteiger partial charge in [-0.2, -0.15) is 0 Å². The van der Waals surface area contributed by atoms with Gasteiger partial charge in [0.1, 0.15) is 12.4 Å². The van der Waals surface area contributed by atoms with Gasteiger partial charge in [0.2, 0.25) is 0 Å². The van der Waals surface area contributed by atoms with Crippen molar-refractivity contribution in [2.75, 3.05) is 6.54 Å². The number of benzene rings is 1. The normalized spacial score (nSPS) is 12.4. The first-order valence-corrected chi connectivity index (χ1v) is 5.15. The van der Waals surface area contributed by atoms with E-state index < -0.39 is 6.10 Å². The smallest absolute Gasteiger partial charge is 0.148 e. The van der Waals surface area contributed by atoms with Crippen LogP contribution in [0, 0.1) is 0 Å². The lowest BCUT2D eigenvalue weighted by molar-refractivity contribution is -0.119. The summed E-state index contributed by atoms with van der Waals surface area (Å²) in [6.45, 7) is 0.822. The molecular weight excluding hydrogens is 214 g/mol. The number of halogens is 1. The number of rotatable bonds is 6. The second-order valence-corrected chi connectivity index (χ2v) is 3.63. The lowest BCUT2D eigenvalue weighted by atomic mass is 10.2. The van der Waals surface area contributed by atoms with Crippen molar-refractivity contribution in [3.63, 3.8) is 0 Å². The number of carbonyl (C=O) groups excluding carboxylic acids is 1. The Bertz CT molecular complexity index is 317. The quantitative estimate of drug-likeness (QED) is 0.754. The highest BCUT2D eigenvalue weighted by Crippen LogP contribution is 2.12. The molecule has 0 heterocycles. The summed E-state index contributed by atoms with van der Waals surface area (Å²) in [5.74, 6) is 0. The van der Waals surface area contributed by atoms with Gasteiger partial charge in [-0.1, -0.05) is 23.7 Å². The predicted octanol–water partition coefficient (Wildman–Crippen LogP) is 1.77. The van der Waals surface area contributed by atoms with E-state index in [4.69, 9.17) is 22.1 Å². The third kappa shape index (κ3) is 4.42. The maximum Gasteiger partial charge on any atom is 0.148 e. The molecule has 0 aliphatic rings. The SMILES string of the molecule is NCCC(C=O)OCc1cccc(Cl)c1. The Balaban J connectivity index is 2.45. The van der Waals surface area contributed by atoms with Gasteiger partial charge in [0.05, 0.1) is 6.61 Å². The molecule has 4 heteroatoms. The fraction of sp³-hybridized carbons (Fsp3) is 0.364. The van der Waals surface area contributed by atoms with Crippen LogP contribution < -0.4 is 5.73 Å². The zero-order chi connectivity index (χ0) is 11.1. The maximum atomic E-state index is 10.6. The van der Waals surface area contributed by atoms with Gasteiger partial charge < -0.3 is 15.3 Å². The van der Waals surface area contributed by atoms with Gasteiger partial charge in [0.15, 0.2) is 0 Å². The highest BCUT2D eigenvalue weighted by molar-refractivity contribution is 6.30. The Morgan fingerprint density at radius 1 is 1.53 bits per heavy atom. The molecule has 82 valence electrons. The van der Waals surface area contributed by atoms with E-state index in [0.717, 1.165) is 11.8 Å². The molecule has 0 aliphatic carbocycles. The topological polar surface area (TPSA) is 52.3 Å². The van der Waals surface area contributed by atoms with E-state index in [1.54, 1.807) is 6.07 Å². The van der Waals surface area contributed by atoms with Crippen LogP contribution in [-0.4, -0.2) is 18.9 Å². The van der Waals surface area contributed by atoms with Crippen LogP contribution in [-0.2, 0) is 16.1 Å². The fourth-order valence-corrected chi connectivity index (χ4v) is 1.40. The maximum absolute atomic E-state index is 10.6. The Morgan fingerprint density at radius 3 is 2.93 bits per heavy atom. The number of hydrogen-bond donors (Lipinski definition) is 1. The molecule has 0 bridgehead atoms. The number of hydrogen-bond acceptors (Lipinski definition) is 3. The minimum atomic E-state index is -0.422. The molecule has 2 N–H and O–H groups in total. The number of aldehydes is 1. The number of carbonyl (C=O) groups is 1. The summed E-state index contributed by atoms with van der Waals surface area (Å²) in [5.41, 5.74) is 6.29. The molecule has 0 saturated heterocycles. The average molecular weight is 228 g/mol. The summed E-state index contributed by atoms with van der Waals surface area (Å²) in [6, 6.07) is 7.35. The largest absolute Gasteiger partial charge is 0.366 e. The van der Waals surface area contributed by atoms with Gasteiger partial charge in [0, 0.05) is 5.02 Å². The van der Waals surface area contributed by atoms with E-state index in [-0.39, 0.29) is 0 Å². The minimum absolute atomic E-state index is 0.379. The van der Waals surface area contributed by atoms with Crippen LogP contribution >= 0.6 is 11.6 Å². The Hall–Kier alpha value is -0.900. The molecule has 1 unspecified atom stereocenters. The molecule has 1 aromatic rings. The van der Waals surface area contributed by atoms with Crippen LogP contribution in [0.5, 0.6) is 0 Å². The number of ether oxygens (including phenoxy) is 1. The first-order valence-electron chi connectivity index (χ1n) is 4.77. The molecule has 1 rings (SSSR count). The second-order valence-electron chi connectivity index (χ2n) is 3.19. The predicted molar refractivity (Wildman–Crippen MR) is 59.8 cm³/mol. The van der Waals surface area contributed by atoms with Crippen molar-refractivity contribution in [2.24, 2.45) is 5.73 Å². The standard InChI is InChI=1S/C11H14ClNO2/c12-10-3-1-2-9(6-10)8-15-11(7-14)4-5-13/h1-3,6-7,11H,4-5,8,13H2. The molecule has 3 nitrogen and oxygen atoms in total. The Morgan fingerprint density at radius 2 is 2.33 bits per heavy atom. The van der Waals surface area contributed by atoms with E-state index in [2.05, 4.69) is 0 Å². The Kier molecular flexibility index (Phi) is 5.32. The molecule has 0 spiro atoms. The van der Waals surface area contributed by atoms with Gasteiger partial charge in [0.25, 0.3) is 0 Å². The van der Waals surface area contributed by atoms with Crippen LogP contribution in [0.1, 0.15) is 12.0 Å². The number of nitrogens with two attached hydrogens (primary N) is 1. The molecule has 0 aromatic heterocycles. The zero-order valence-electron chi connectivity index (χ0n) is 8.36. The van der Waals surface area contributed by atoms with Crippen LogP contribution in [0.4, 0.5) is 0 Å². The summed E-state index contributed by atoms with van der Waals surface area (Å²) in [6.07, 6.45) is 0.899. The monoisotopic (exact) mass is 227 g/mol. The molecule has 0 saturated carbocycles. The van der Waals surface area contributed by atoms with Crippen molar-refractivity contribution in [3.05, 3.63) is 34.9 Å². The van der Waals surface area contributed by atoms with Crippen molar-refractivity contribution in [3.8, 4) is 0 Å². The molecule has 15 heavy (non-hydrogen) atoms. The fourth-order valence-electron chi connectivity index (χ4n) is 1.18. The second kappa shape index (κ2) is 6.56. The van der Waals surface area contributed by atoms with Gasteiger partial charge in [-0.05, 0) is 30.7 Å². The first-order chi connectivity index (χ1) is 7.26. The van der Waals surface area contributed by atoms with Gasteiger partial charge in [-0.25, -0.2) is 0 Å². The summed E-state index contributed by atoms with van der Waals surface area (Å²) in [5, 5.41) is 0.664. The lowest BCUT2D eigenvalue weighted by Crippen LogP contribution is -2.18. The Labute approximate surface area is 94.2 Å². The third-order valence-corrected chi connectivity index (χ3v) is 2.19. The highest BCUT2D eigenvalue weighted by Gasteiger charge is 2.06. The molecule has 1 aromatic carbocycles. The van der Waals surface area contributed by atoms with Gasteiger partial charge in [-0.15, -0.1) is 0 Å². The first kappa shape index (κ1) is 12.2. The van der Waals surface area contributed by atoms with E-state index in [0.29, 0.717) is 24.6 Å². The molecular formula is C11H14ClNO2. The van der Waals surface area contributed by atoms with Crippen LogP contribution in [0.2, 0.25) is 5.02 Å². The average Bonchev–Trinajstić information content (AvgIpc) is 2.24. The van der Waals surface area contributed by atoms with E-state index in [1.165, 1.54) is 0 Å². The highest BCUT2D eigenvalue weighted by atomic mass is 35.5. The van der Waals surface area contributed by atoms with Gasteiger partial charge >= 0.3 is 0 Å². The van der Waals surface area contributed by atoms with E-state index >= 15 is 0 Å². The molecule has 0 aliphatic heterocycles. The van der Waals surface area contributed by atoms with Crippen molar-refractivity contribution < 1.29 is 9.53 Å². The zero-order valence-corrected chi connectivity index (χ0v) is 9.11. The minimum Gasteiger partial charge on any atom is -0.366 e. The molecule has 0 radical (unpaired) electrons. The summed E-state index contributed by atoms with van der Waals surface area (Å²) in [4.78, 5) is 10.6. The lowest BCUT2D eigenvalue weighted by Gasteiger charge is -2.10. The third-order valence-electron chi connectivity index (χ3n) is 1.96. The summed E-state index contributed by atoms with van der Waals surface area (Å²) in [7, 11) is 0. The molecule has 0 fully saturated rings. The van der Waals surface area contributed by atoms with Crippen molar-refractivity contribution in [1.82, 2.24) is 0 Å². The van der Waals surface area contributed by atoms with Crippen molar-refractivity contribution in [1.29, 1.82) is 0 Å². The van der Waals surface area contributed by atoms with Crippen LogP contribution in [0.3, 0.4) is 0 Å². The van der Waals surface area contributed by atoms with E-state index in [1.807, 2.05) is 18.2 Å². The van der Waals surface area contributed by atoms with Gasteiger partial charge in [-0.3, -0.25) is 0 Å².